The first-order chi connectivity index (χ1) is 10.1. The summed E-state index contributed by atoms with van der Waals surface area (Å²) in [4.78, 5) is 34.1. The quantitative estimate of drug-likeness (QED) is 0.635. The SMILES string of the molecule is CNCC(=O)Nc1ccc(C(=O)NCCC(=O)OC)cc1.Cl. The third-order valence-corrected chi connectivity index (χ3v) is 2.61. The van der Waals surface area contributed by atoms with Crippen molar-refractivity contribution in [3.63, 3.8) is 0 Å². The van der Waals surface area contributed by atoms with Crippen LogP contribution in [0.1, 0.15) is 16.8 Å². The topological polar surface area (TPSA) is 96.5 Å². The van der Waals surface area contributed by atoms with Gasteiger partial charge in [0.15, 0.2) is 0 Å². The lowest BCUT2D eigenvalue weighted by Crippen LogP contribution is -2.26. The molecular weight excluding hydrogens is 310 g/mol. The van der Waals surface area contributed by atoms with Gasteiger partial charge in [0, 0.05) is 17.8 Å². The number of rotatable bonds is 7. The van der Waals surface area contributed by atoms with E-state index < -0.39 is 0 Å². The van der Waals surface area contributed by atoms with Crippen molar-refractivity contribution in [3.05, 3.63) is 29.8 Å². The molecule has 0 aliphatic heterocycles. The van der Waals surface area contributed by atoms with Gasteiger partial charge < -0.3 is 20.7 Å². The maximum Gasteiger partial charge on any atom is 0.307 e. The molecule has 0 spiro atoms. The molecule has 0 bridgehead atoms. The lowest BCUT2D eigenvalue weighted by Gasteiger charge is -2.07. The molecule has 0 heterocycles. The van der Waals surface area contributed by atoms with Gasteiger partial charge in [0.1, 0.15) is 0 Å². The van der Waals surface area contributed by atoms with Crippen LogP contribution in [0.4, 0.5) is 5.69 Å². The molecule has 0 radical (unpaired) electrons. The second-order valence-corrected chi connectivity index (χ2v) is 4.24. The zero-order chi connectivity index (χ0) is 15.7. The Morgan fingerprint density at radius 3 is 2.32 bits per heavy atom. The minimum Gasteiger partial charge on any atom is -0.469 e. The summed E-state index contributed by atoms with van der Waals surface area (Å²) in [6.45, 7) is 0.432. The molecule has 1 aromatic rings. The summed E-state index contributed by atoms with van der Waals surface area (Å²) in [5.41, 5.74) is 1.06. The van der Waals surface area contributed by atoms with Gasteiger partial charge in [0.05, 0.1) is 20.1 Å². The Kier molecular flexibility index (Phi) is 9.56. The predicted molar refractivity (Wildman–Crippen MR) is 85.2 cm³/mol. The van der Waals surface area contributed by atoms with Crippen molar-refractivity contribution in [3.8, 4) is 0 Å². The maximum atomic E-state index is 11.8. The van der Waals surface area contributed by atoms with Gasteiger partial charge in [0.25, 0.3) is 5.91 Å². The molecule has 0 unspecified atom stereocenters. The third-order valence-electron chi connectivity index (χ3n) is 2.61. The van der Waals surface area contributed by atoms with E-state index in [4.69, 9.17) is 0 Å². The van der Waals surface area contributed by atoms with E-state index in [-0.39, 0.29) is 49.7 Å². The number of carbonyl (C=O) groups excluding carboxylic acids is 3. The molecule has 7 nitrogen and oxygen atoms in total. The van der Waals surface area contributed by atoms with Crippen LogP contribution in [-0.4, -0.2) is 45.0 Å². The van der Waals surface area contributed by atoms with Crippen molar-refractivity contribution in [1.82, 2.24) is 10.6 Å². The Morgan fingerprint density at radius 1 is 1.14 bits per heavy atom. The molecule has 1 rings (SSSR count). The van der Waals surface area contributed by atoms with E-state index >= 15 is 0 Å². The molecule has 3 N–H and O–H groups in total. The van der Waals surface area contributed by atoms with Crippen LogP contribution < -0.4 is 16.0 Å². The van der Waals surface area contributed by atoms with Crippen LogP contribution in [0.2, 0.25) is 0 Å². The van der Waals surface area contributed by atoms with Gasteiger partial charge in [-0.05, 0) is 31.3 Å². The van der Waals surface area contributed by atoms with Gasteiger partial charge in [-0.25, -0.2) is 0 Å². The van der Waals surface area contributed by atoms with Crippen LogP contribution in [0.15, 0.2) is 24.3 Å². The molecule has 122 valence electrons. The number of hydrogen-bond acceptors (Lipinski definition) is 5. The molecule has 0 aliphatic rings. The fourth-order valence-electron chi connectivity index (χ4n) is 1.55. The number of halogens is 1. The molecule has 1 aromatic carbocycles. The van der Waals surface area contributed by atoms with Crippen molar-refractivity contribution in [1.29, 1.82) is 0 Å². The largest absolute Gasteiger partial charge is 0.469 e. The van der Waals surface area contributed by atoms with Crippen LogP contribution >= 0.6 is 12.4 Å². The first-order valence-electron chi connectivity index (χ1n) is 6.46. The molecule has 0 aliphatic carbocycles. The smallest absolute Gasteiger partial charge is 0.307 e. The molecule has 0 fully saturated rings. The van der Waals surface area contributed by atoms with E-state index in [1.54, 1.807) is 31.3 Å². The summed E-state index contributed by atoms with van der Waals surface area (Å²) in [5.74, 6) is -0.822. The lowest BCUT2D eigenvalue weighted by molar-refractivity contribution is -0.140. The van der Waals surface area contributed by atoms with Crippen LogP contribution in [0.5, 0.6) is 0 Å². The number of benzene rings is 1. The van der Waals surface area contributed by atoms with E-state index in [1.807, 2.05) is 0 Å². The Hall–Kier alpha value is -2.12. The number of carbonyl (C=O) groups is 3. The van der Waals surface area contributed by atoms with Gasteiger partial charge in [-0.2, -0.15) is 0 Å². The van der Waals surface area contributed by atoms with Crippen molar-refractivity contribution in [2.45, 2.75) is 6.42 Å². The minimum absolute atomic E-state index is 0. The highest BCUT2D eigenvalue weighted by molar-refractivity contribution is 5.96. The fraction of sp³-hybridized carbons (Fsp3) is 0.357. The predicted octanol–water partition coefficient (Wildman–Crippen LogP) is 0.559. The first kappa shape index (κ1) is 19.9. The normalized spacial score (nSPS) is 9.36. The number of ether oxygens (including phenoxy) is 1. The number of hydrogen-bond donors (Lipinski definition) is 3. The summed E-state index contributed by atoms with van der Waals surface area (Å²) in [5, 5.41) is 8.03. The first-order valence-corrected chi connectivity index (χ1v) is 6.46. The number of likely N-dealkylation sites (N-methyl/N-ethyl adjacent to an activating group) is 1. The average Bonchev–Trinajstić information content (AvgIpc) is 2.47. The number of amides is 2. The Bertz CT molecular complexity index is 505. The zero-order valence-corrected chi connectivity index (χ0v) is 13.3. The van der Waals surface area contributed by atoms with E-state index in [0.717, 1.165) is 0 Å². The van der Waals surface area contributed by atoms with E-state index in [0.29, 0.717) is 11.3 Å². The number of esters is 1. The molecule has 8 heteroatoms. The Labute approximate surface area is 135 Å². The van der Waals surface area contributed by atoms with Crippen molar-refractivity contribution >= 4 is 35.9 Å². The summed E-state index contributed by atoms with van der Waals surface area (Å²) in [7, 11) is 2.98. The fourth-order valence-corrected chi connectivity index (χ4v) is 1.55. The van der Waals surface area contributed by atoms with Gasteiger partial charge in [0.2, 0.25) is 5.91 Å². The van der Waals surface area contributed by atoms with Crippen LogP contribution in [-0.2, 0) is 14.3 Å². The highest BCUT2D eigenvalue weighted by Gasteiger charge is 2.07. The van der Waals surface area contributed by atoms with Crippen molar-refractivity contribution < 1.29 is 19.1 Å². The molecule has 22 heavy (non-hydrogen) atoms. The lowest BCUT2D eigenvalue weighted by atomic mass is 10.2. The molecule has 2 amide bonds. The third kappa shape index (κ3) is 7.05. The standard InChI is InChI=1S/C14H19N3O4.ClH/c1-15-9-12(18)17-11-5-3-10(4-6-11)14(20)16-8-7-13(19)21-2;/h3-6,15H,7-9H2,1-2H3,(H,16,20)(H,17,18);1H. The Balaban J connectivity index is 0.00000441. The van der Waals surface area contributed by atoms with E-state index in [1.165, 1.54) is 7.11 Å². The molecule has 0 atom stereocenters. The summed E-state index contributed by atoms with van der Waals surface area (Å²) < 4.78 is 4.47. The van der Waals surface area contributed by atoms with Crippen molar-refractivity contribution in [2.24, 2.45) is 0 Å². The van der Waals surface area contributed by atoms with Gasteiger partial charge in [-0.15, -0.1) is 12.4 Å². The highest BCUT2D eigenvalue weighted by atomic mass is 35.5. The zero-order valence-electron chi connectivity index (χ0n) is 12.5. The maximum absolute atomic E-state index is 11.8. The van der Waals surface area contributed by atoms with E-state index in [9.17, 15) is 14.4 Å². The number of methoxy groups -OCH3 is 1. The van der Waals surface area contributed by atoms with Crippen LogP contribution in [0, 0.1) is 0 Å². The van der Waals surface area contributed by atoms with Gasteiger partial charge >= 0.3 is 5.97 Å². The van der Waals surface area contributed by atoms with Crippen molar-refractivity contribution in [2.75, 3.05) is 32.6 Å². The Morgan fingerprint density at radius 2 is 1.77 bits per heavy atom. The molecule has 0 saturated carbocycles. The molecule has 0 saturated heterocycles. The number of anilines is 1. The summed E-state index contributed by atoms with van der Waals surface area (Å²) >= 11 is 0. The second kappa shape index (κ2) is 10.6. The monoisotopic (exact) mass is 329 g/mol. The summed E-state index contributed by atoms with van der Waals surface area (Å²) in [6, 6.07) is 6.48. The van der Waals surface area contributed by atoms with E-state index in [2.05, 4.69) is 20.7 Å². The number of nitrogens with one attached hydrogen (secondary N) is 3. The van der Waals surface area contributed by atoms with Gasteiger partial charge in [-0.1, -0.05) is 0 Å². The second-order valence-electron chi connectivity index (χ2n) is 4.24. The minimum atomic E-state index is -0.377. The van der Waals surface area contributed by atoms with Crippen LogP contribution in [0.25, 0.3) is 0 Å². The highest BCUT2D eigenvalue weighted by Crippen LogP contribution is 2.09. The van der Waals surface area contributed by atoms with Crippen LogP contribution in [0.3, 0.4) is 0 Å². The van der Waals surface area contributed by atoms with Gasteiger partial charge in [-0.3, -0.25) is 14.4 Å². The summed E-state index contributed by atoms with van der Waals surface area (Å²) in [6.07, 6.45) is 0.125. The molecule has 0 aromatic heterocycles. The average molecular weight is 330 g/mol. The molecular formula is C14H20ClN3O4.